The minimum Gasteiger partial charge on any atom is -0.355 e. The lowest BCUT2D eigenvalue weighted by atomic mass is 10.2. The van der Waals surface area contributed by atoms with Crippen LogP contribution in [-0.4, -0.2) is 33.5 Å². The lowest BCUT2D eigenvalue weighted by Crippen LogP contribution is -2.40. The van der Waals surface area contributed by atoms with Crippen LogP contribution in [0.4, 0.5) is 0 Å². The highest BCUT2D eigenvalue weighted by atomic mass is 16.2. The Labute approximate surface area is 94.2 Å². The number of aromatic nitrogens is 3. The Morgan fingerprint density at radius 2 is 2.50 bits per heavy atom. The maximum absolute atomic E-state index is 11.3. The Morgan fingerprint density at radius 3 is 3.12 bits per heavy atom. The molecule has 0 fully saturated rings. The van der Waals surface area contributed by atoms with E-state index in [-0.39, 0.29) is 12.3 Å². The minimum absolute atomic E-state index is 0.212. The number of nitrogens with one attached hydrogen (secondary N) is 1. The van der Waals surface area contributed by atoms with E-state index in [1.54, 1.807) is 17.1 Å². The Morgan fingerprint density at radius 1 is 1.69 bits per heavy atom. The predicted octanol–water partition coefficient (Wildman–Crippen LogP) is -0.865. The molecule has 0 saturated heterocycles. The molecule has 16 heavy (non-hydrogen) atoms. The van der Waals surface area contributed by atoms with E-state index in [1.165, 1.54) is 0 Å². The van der Waals surface area contributed by atoms with Gasteiger partial charge in [-0.15, -0.1) is 17.4 Å². The molecule has 6 nitrogen and oxygen atoms in total. The van der Waals surface area contributed by atoms with Crippen molar-refractivity contribution < 1.29 is 4.79 Å². The van der Waals surface area contributed by atoms with E-state index in [0.29, 0.717) is 13.1 Å². The van der Waals surface area contributed by atoms with Crippen LogP contribution in [0.2, 0.25) is 0 Å². The van der Waals surface area contributed by atoms with Crippen molar-refractivity contribution in [2.45, 2.75) is 25.4 Å². The third kappa shape index (κ3) is 4.11. The Hall–Kier alpha value is -1.87. The highest BCUT2D eigenvalue weighted by molar-refractivity contribution is 5.81. The van der Waals surface area contributed by atoms with Gasteiger partial charge < -0.3 is 11.1 Å². The van der Waals surface area contributed by atoms with Crippen molar-refractivity contribution in [3.63, 3.8) is 0 Å². The third-order valence-corrected chi connectivity index (χ3v) is 2.01. The highest BCUT2D eigenvalue weighted by Crippen LogP contribution is 1.88. The molecule has 0 aromatic carbocycles. The number of carbonyl (C=O) groups excluding carboxylic acids is 1. The van der Waals surface area contributed by atoms with E-state index in [9.17, 15) is 4.79 Å². The number of terminal acetylenes is 1. The molecule has 0 aliphatic carbocycles. The summed E-state index contributed by atoms with van der Waals surface area (Å²) in [6.45, 7) is 1.27. The van der Waals surface area contributed by atoms with Crippen LogP contribution in [-0.2, 0) is 11.3 Å². The summed E-state index contributed by atoms with van der Waals surface area (Å²) in [5.74, 6) is 2.14. The smallest absolute Gasteiger partial charge is 0.237 e. The molecule has 1 amide bonds. The molecule has 3 N–H and O–H groups in total. The second kappa shape index (κ2) is 6.58. The summed E-state index contributed by atoms with van der Waals surface area (Å²) in [5, 5.41) is 10.2. The lowest BCUT2D eigenvalue weighted by Gasteiger charge is -2.09. The first-order valence-electron chi connectivity index (χ1n) is 5.05. The zero-order valence-electron chi connectivity index (χ0n) is 8.97. The van der Waals surface area contributed by atoms with Crippen LogP contribution in [0.3, 0.4) is 0 Å². The fourth-order valence-electron chi connectivity index (χ4n) is 1.16. The Balaban J connectivity index is 2.11. The van der Waals surface area contributed by atoms with Crippen molar-refractivity contribution in [2.75, 3.05) is 6.54 Å². The number of hydrogen-bond donors (Lipinski definition) is 2. The van der Waals surface area contributed by atoms with Crippen molar-refractivity contribution >= 4 is 5.91 Å². The summed E-state index contributed by atoms with van der Waals surface area (Å²) in [5.41, 5.74) is 5.52. The van der Waals surface area contributed by atoms with Crippen LogP contribution in [0.1, 0.15) is 12.8 Å². The molecule has 0 saturated carbocycles. The lowest BCUT2D eigenvalue weighted by molar-refractivity contribution is -0.122. The quantitative estimate of drug-likeness (QED) is 0.483. The van der Waals surface area contributed by atoms with E-state index in [4.69, 9.17) is 12.2 Å². The fourth-order valence-corrected chi connectivity index (χ4v) is 1.16. The number of nitrogens with zero attached hydrogens (tertiary/aromatic N) is 3. The first kappa shape index (κ1) is 12.2. The van der Waals surface area contributed by atoms with Crippen molar-refractivity contribution in [1.29, 1.82) is 0 Å². The molecule has 0 radical (unpaired) electrons. The molecule has 1 heterocycles. The monoisotopic (exact) mass is 221 g/mol. The van der Waals surface area contributed by atoms with Crippen LogP contribution in [0.5, 0.6) is 0 Å². The third-order valence-electron chi connectivity index (χ3n) is 2.01. The number of rotatable bonds is 6. The maximum atomic E-state index is 11.3. The molecular weight excluding hydrogens is 206 g/mol. The van der Waals surface area contributed by atoms with Crippen LogP contribution in [0.25, 0.3) is 0 Å². The summed E-state index contributed by atoms with van der Waals surface area (Å²) in [7, 11) is 0. The molecule has 86 valence electrons. The summed E-state index contributed by atoms with van der Waals surface area (Å²) in [4.78, 5) is 11.3. The molecule has 1 unspecified atom stereocenters. The van der Waals surface area contributed by atoms with E-state index in [2.05, 4.69) is 21.5 Å². The predicted molar refractivity (Wildman–Crippen MR) is 59.1 cm³/mol. The first-order valence-corrected chi connectivity index (χ1v) is 5.05. The molecule has 0 aliphatic heterocycles. The summed E-state index contributed by atoms with van der Waals surface area (Å²) >= 11 is 0. The van der Waals surface area contributed by atoms with Crippen molar-refractivity contribution in [1.82, 2.24) is 20.3 Å². The largest absolute Gasteiger partial charge is 0.355 e. The second-order valence-corrected chi connectivity index (χ2v) is 3.33. The summed E-state index contributed by atoms with van der Waals surface area (Å²) in [6.07, 6.45) is 9.47. The van der Waals surface area contributed by atoms with Crippen LogP contribution >= 0.6 is 0 Å². The van der Waals surface area contributed by atoms with Crippen LogP contribution in [0, 0.1) is 12.3 Å². The zero-order chi connectivity index (χ0) is 11.8. The van der Waals surface area contributed by atoms with Crippen LogP contribution in [0.15, 0.2) is 12.4 Å². The number of hydrogen-bond acceptors (Lipinski definition) is 4. The van der Waals surface area contributed by atoms with E-state index in [0.717, 1.165) is 6.42 Å². The maximum Gasteiger partial charge on any atom is 0.237 e. The molecule has 0 aliphatic rings. The zero-order valence-corrected chi connectivity index (χ0v) is 8.97. The second-order valence-electron chi connectivity index (χ2n) is 3.33. The molecular formula is C10H15N5O. The number of carbonyl (C=O) groups is 1. The van der Waals surface area contributed by atoms with Crippen molar-refractivity contribution in [2.24, 2.45) is 5.73 Å². The first-order chi connectivity index (χ1) is 7.74. The number of nitrogens with two attached hydrogens (primary N) is 1. The van der Waals surface area contributed by atoms with Gasteiger partial charge in [0.25, 0.3) is 0 Å². The number of amides is 1. The van der Waals surface area contributed by atoms with Gasteiger partial charge >= 0.3 is 0 Å². The Bertz CT molecular complexity index is 354. The van der Waals surface area contributed by atoms with Gasteiger partial charge in [0, 0.05) is 25.7 Å². The Kier molecular flexibility index (Phi) is 5.02. The molecule has 1 aromatic rings. The average molecular weight is 221 g/mol. The average Bonchev–Trinajstić information content (AvgIpc) is 2.77. The molecule has 1 aromatic heterocycles. The van der Waals surface area contributed by atoms with Gasteiger partial charge in [-0.3, -0.25) is 9.48 Å². The van der Waals surface area contributed by atoms with Gasteiger partial charge in [0.05, 0.1) is 12.2 Å². The standard InChI is InChI=1S/C10H15N5O/c1-2-4-9(11)10(16)12-5-3-7-15-8-6-13-14-15/h1,6,8-9H,3-5,7,11H2,(H,12,16). The topological polar surface area (TPSA) is 85.8 Å². The normalized spacial score (nSPS) is 11.8. The van der Waals surface area contributed by atoms with E-state index in [1.807, 2.05) is 0 Å². The molecule has 6 heteroatoms. The van der Waals surface area contributed by atoms with Gasteiger partial charge in [0.15, 0.2) is 0 Å². The van der Waals surface area contributed by atoms with Crippen molar-refractivity contribution in [3.05, 3.63) is 12.4 Å². The molecule has 0 bridgehead atoms. The SMILES string of the molecule is C#CCC(N)C(=O)NCCCn1ccnn1. The fraction of sp³-hybridized carbons (Fsp3) is 0.500. The summed E-state index contributed by atoms with van der Waals surface area (Å²) < 4.78 is 1.70. The van der Waals surface area contributed by atoms with Crippen LogP contribution < -0.4 is 11.1 Å². The highest BCUT2D eigenvalue weighted by Gasteiger charge is 2.10. The van der Waals surface area contributed by atoms with Gasteiger partial charge in [-0.2, -0.15) is 0 Å². The van der Waals surface area contributed by atoms with Gasteiger partial charge in [-0.1, -0.05) is 5.21 Å². The van der Waals surface area contributed by atoms with Gasteiger partial charge in [-0.05, 0) is 6.42 Å². The van der Waals surface area contributed by atoms with E-state index < -0.39 is 6.04 Å². The summed E-state index contributed by atoms with van der Waals surface area (Å²) in [6, 6.07) is -0.614. The molecule has 1 atom stereocenters. The van der Waals surface area contributed by atoms with Gasteiger partial charge in [0.1, 0.15) is 0 Å². The van der Waals surface area contributed by atoms with Gasteiger partial charge in [-0.25, -0.2) is 0 Å². The van der Waals surface area contributed by atoms with E-state index >= 15 is 0 Å². The minimum atomic E-state index is -0.614. The molecule has 0 spiro atoms. The number of aryl methyl sites for hydroxylation is 1. The van der Waals surface area contributed by atoms with Gasteiger partial charge in [0.2, 0.25) is 5.91 Å². The molecule has 1 rings (SSSR count). The van der Waals surface area contributed by atoms with Crippen molar-refractivity contribution in [3.8, 4) is 12.3 Å².